The van der Waals surface area contributed by atoms with E-state index in [-0.39, 0.29) is 18.0 Å². The van der Waals surface area contributed by atoms with Crippen LogP contribution in [0.5, 0.6) is 0 Å². The minimum absolute atomic E-state index is 0.205. The first-order chi connectivity index (χ1) is 9.65. The summed E-state index contributed by atoms with van der Waals surface area (Å²) in [6, 6.07) is 8.99. The molecule has 20 heavy (non-hydrogen) atoms. The highest BCUT2D eigenvalue weighted by atomic mass is 35.5. The minimum atomic E-state index is -0.376. The maximum absolute atomic E-state index is 12.3. The SMILES string of the molecule is N#CCC[C@H](C#N)Cn1cnc2cc(Cl)ccc2c1=O. The predicted octanol–water partition coefficient (Wildman–Crippen LogP) is 2.49. The van der Waals surface area contributed by atoms with E-state index in [1.807, 2.05) is 6.07 Å². The fourth-order valence-electron chi connectivity index (χ4n) is 1.93. The van der Waals surface area contributed by atoms with E-state index in [0.29, 0.717) is 28.8 Å². The molecule has 1 atom stereocenters. The summed E-state index contributed by atoms with van der Waals surface area (Å²) in [4.78, 5) is 16.4. The van der Waals surface area contributed by atoms with Crippen molar-refractivity contribution < 1.29 is 0 Å². The molecule has 0 bridgehead atoms. The van der Waals surface area contributed by atoms with Crippen molar-refractivity contribution >= 4 is 22.5 Å². The third-order valence-electron chi connectivity index (χ3n) is 2.99. The fourth-order valence-corrected chi connectivity index (χ4v) is 2.10. The molecule has 0 saturated heterocycles. The molecule has 0 unspecified atom stereocenters. The molecule has 0 aliphatic rings. The molecule has 0 fully saturated rings. The van der Waals surface area contributed by atoms with Crippen LogP contribution in [0.25, 0.3) is 10.9 Å². The van der Waals surface area contributed by atoms with Crippen LogP contribution in [0, 0.1) is 28.6 Å². The van der Waals surface area contributed by atoms with E-state index in [0.717, 1.165) is 0 Å². The number of aromatic nitrogens is 2. The highest BCUT2D eigenvalue weighted by molar-refractivity contribution is 6.31. The van der Waals surface area contributed by atoms with E-state index < -0.39 is 0 Å². The molecule has 1 heterocycles. The summed E-state index contributed by atoms with van der Waals surface area (Å²) in [6.45, 7) is 0.239. The molecule has 0 spiro atoms. The van der Waals surface area contributed by atoms with E-state index in [2.05, 4.69) is 11.1 Å². The third-order valence-corrected chi connectivity index (χ3v) is 3.23. The zero-order valence-electron chi connectivity index (χ0n) is 10.6. The van der Waals surface area contributed by atoms with Crippen molar-refractivity contribution in [3.05, 3.63) is 39.9 Å². The second kappa shape index (κ2) is 6.18. The number of hydrogen-bond acceptors (Lipinski definition) is 4. The van der Waals surface area contributed by atoms with Gasteiger partial charge in [0, 0.05) is 18.0 Å². The molecule has 100 valence electrons. The van der Waals surface area contributed by atoms with Crippen molar-refractivity contribution in [3.63, 3.8) is 0 Å². The van der Waals surface area contributed by atoms with Crippen LogP contribution in [0.1, 0.15) is 12.8 Å². The number of nitrogens with zero attached hydrogens (tertiary/aromatic N) is 4. The maximum Gasteiger partial charge on any atom is 0.261 e. The van der Waals surface area contributed by atoms with E-state index >= 15 is 0 Å². The van der Waals surface area contributed by atoms with Gasteiger partial charge in [-0.3, -0.25) is 9.36 Å². The van der Waals surface area contributed by atoms with Crippen LogP contribution in [-0.2, 0) is 6.54 Å². The Hall–Kier alpha value is -2.37. The van der Waals surface area contributed by atoms with Gasteiger partial charge in [-0.1, -0.05) is 11.6 Å². The van der Waals surface area contributed by atoms with E-state index in [9.17, 15) is 4.79 Å². The Labute approximate surface area is 120 Å². The molecule has 6 heteroatoms. The number of nitriles is 2. The second-order valence-electron chi connectivity index (χ2n) is 4.39. The summed E-state index contributed by atoms with van der Waals surface area (Å²) in [7, 11) is 0. The van der Waals surface area contributed by atoms with Crippen LogP contribution < -0.4 is 5.56 Å². The number of rotatable bonds is 4. The van der Waals surface area contributed by atoms with Gasteiger partial charge in [-0.05, 0) is 24.6 Å². The normalized spacial score (nSPS) is 11.8. The molecule has 2 rings (SSSR count). The van der Waals surface area contributed by atoms with Crippen LogP contribution in [0.4, 0.5) is 0 Å². The summed E-state index contributed by atoms with van der Waals surface area (Å²) in [5.74, 6) is -0.376. The average molecular weight is 287 g/mol. The molecule has 1 aromatic carbocycles. The van der Waals surface area contributed by atoms with Gasteiger partial charge in [-0.25, -0.2) is 4.98 Å². The Morgan fingerprint density at radius 2 is 2.20 bits per heavy atom. The van der Waals surface area contributed by atoms with Gasteiger partial charge < -0.3 is 0 Å². The Balaban J connectivity index is 2.34. The molecule has 0 amide bonds. The zero-order valence-corrected chi connectivity index (χ0v) is 11.3. The van der Waals surface area contributed by atoms with Gasteiger partial charge in [0.15, 0.2) is 0 Å². The van der Waals surface area contributed by atoms with Crippen molar-refractivity contribution in [1.29, 1.82) is 10.5 Å². The number of benzene rings is 1. The topological polar surface area (TPSA) is 82.5 Å². The van der Waals surface area contributed by atoms with Gasteiger partial charge in [0.25, 0.3) is 5.56 Å². The lowest BCUT2D eigenvalue weighted by Gasteiger charge is -2.10. The Morgan fingerprint density at radius 3 is 2.90 bits per heavy atom. The number of halogens is 1. The molecular weight excluding hydrogens is 276 g/mol. The summed E-state index contributed by atoms with van der Waals surface area (Å²) >= 11 is 5.85. The Bertz CT molecular complexity index is 769. The monoisotopic (exact) mass is 286 g/mol. The lowest BCUT2D eigenvalue weighted by Crippen LogP contribution is -2.24. The van der Waals surface area contributed by atoms with Crippen molar-refractivity contribution in [1.82, 2.24) is 9.55 Å². The van der Waals surface area contributed by atoms with Crippen molar-refractivity contribution in [2.45, 2.75) is 19.4 Å². The van der Waals surface area contributed by atoms with Gasteiger partial charge in [0.1, 0.15) is 0 Å². The fraction of sp³-hybridized carbons (Fsp3) is 0.286. The van der Waals surface area contributed by atoms with Gasteiger partial charge in [-0.2, -0.15) is 10.5 Å². The van der Waals surface area contributed by atoms with Gasteiger partial charge >= 0.3 is 0 Å². The first kappa shape index (κ1) is 14.0. The largest absolute Gasteiger partial charge is 0.297 e. The van der Waals surface area contributed by atoms with E-state index in [1.54, 1.807) is 18.2 Å². The standard InChI is InChI=1S/C14H11ClN4O/c15-11-3-4-12-13(6-11)18-9-19(14(12)20)8-10(7-17)2-1-5-16/h3-4,6,9-10H,1-2,8H2/t10-/m1/s1. The maximum atomic E-state index is 12.3. The van der Waals surface area contributed by atoms with Gasteiger partial charge in [-0.15, -0.1) is 0 Å². The van der Waals surface area contributed by atoms with Crippen LogP contribution in [-0.4, -0.2) is 9.55 Å². The first-order valence-corrected chi connectivity index (χ1v) is 6.44. The molecule has 0 aliphatic heterocycles. The molecule has 0 radical (unpaired) electrons. The molecular formula is C14H11ClN4O. The highest BCUT2D eigenvalue weighted by Gasteiger charge is 2.11. The Morgan fingerprint density at radius 1 is 1.40 bits per heavy atom. The highest BCUT2D eigenvalue weighted by Crippen LogP contribution is 2.15. The Kier molecular flexibility index (Phi) is 4.34. The first-order valence-electron chi connectivity index (χ1n) is 6.07. The van der Waals surface area contributed by atoms with Crippen molar-refractivity contribution in [3.8, 4) is 12.1 Å². The zero-order chi connectivity index (χ0) is 14.5. The summed E-state index contributed by atoms with van der Waals surface area (Å²) < 4.78 is 1.40. The van der Waals surface area contributed by atoms with E-state index in [4.69, 9.17) is 22.1 Å². The number of fused-ring (bicyclic) bond motifs is 1. The van der Waals surface area contributed by atoms with Gasteiger partial charge in [0.05, 0.1) is 35.3 Å². The molecule has 2 aromatic rings. The number of hydrogen-bond donors (Lipinski definition) is 0. The third kappa shape index (κ3) is 2.96. The minimum Gasteiger partial charge on any atom is -0.297 e. The van der Waals surface area contributed by atoms with Crippen LogP contribution in [0.2, 0.25) is 5.02 Å². The smallest absolute Gasteiger partial charge is 0.261 e. The van der Waals surface area contributed by atoms with Crippen LogP contribution in [0.3, 0.4) is 0 Å². The summed E-state index contributed by atoms with van der Waals surface area (Å²) in [5, 5.41) is 18.6. The second-order valence-corrected chi connectivity index (χ2v) is 4.82. The predicted molar refractivity (Wildman–Crippen MR) is 75.0 cm³/mol. The quantitative estimate of drug-likeness (QED) is 0.864. The molecule has 1 aromatic heterocycles. The van der Waals surface area contributed by atoms with Crippen LogP contribution >= 0.6 is 11.6 Å². The summed E-state index contributed by atoms with van der Waals surface area (Å²) in [5.41, 5.74) is 0.327. The van der Waals surface area contributed by atoms with Gasteiger partial charge in [0.2, 0.25) is 0 Å². The average Bonchev–Trinajstić information content (AvgIpc) is 2.45. The molecule has 0 saturated carbocycles. The van der Waals surface area contributed by atoms with E-state index in [1.165, 1.54) is 10.9 Å². The lowest BCUT2D eigenvalue weighted by atomic mass is 10.1. The molecule has 5 nitrogen and oxygen atoms in total. The van der Waals surface area contributed by atoms with Crippen molar-refractivity contribution in [2.24, 2.45) is 5.92 Å². The molecule has 0 N–H and O–H groups in total. The molecule has 0 aliphatic carbocycles. The van der Waals surface area contributed by atoms with Crippen molar-refractivity contribution in [2.75, 3.05) is 0 Å². The summed E-state index contributed by atoms with van der Waals surface area (Å²) in [6.07, 6.45) is 2.15. The van der Waals surface area contributed by atoms with Crippen LogP contribution in [0.15, 0.2) is 29.3 Å². The lowest BCUT2D eigenvalue weighted by molar-refractivity contribution is 0.498.